The Hall–Kier alpha value is -2.17. The van der Waals surface area contributed by atoms with E-state index in [9.17, 15) is 14.0 Å². The maximum Gasteiger partial charge on any atom is 0.247 e. The Balaban J connectivity index is 2.56. The van der Waals surface area contributed by atoms with Crippen molar-refractivity contribution in [3.8, 4) is 0 Å². The van der Waals surface area contributed by atoms with Gasteiger partial charge >= 0.3 is 0 Å². The van der Waals surface area contributed by atoms with Crippen LogP contribution in [0.3, 0.4) is 0 Å². The number of hydrogen-bond acceptors (Lipinski definition) is 2. The number of rotatable bonds is 6. The first-order valence-electron chi connectivity index (χ1n) is 7.32. The second-order valence-corrected chi connectivity index (χ2v) is 5.68. The number of benzene rings is 1. The summed E-state index contributed by atoms with van der Waals surface area (Å²) in [6.07, 6.45) is 1.91. The number of carbonyl (C=O) groups is 2. The number of halogens is 1. The molecule has 1 aromatic carbocycles. The van der Waals surface area contributed by atoms with Gasteiger partial charge in [0, 0.05) is 24.1 Å². The summed E-state index contributed by atoms with van der Waals surface area (Å²) in [5.41, 5.74) is 1.25. The van der Waals surface area contributed by atoms with E-state index in [2.05, 4.69) is 10.6 Å². The molecule has 120 valence electrons. The molecular formula is C17H23FN2O2. The van der Waals surface area contributed by atoms with Gasteiger partial charge in [0.05, 0.1) is 0 Å². The Morgan fingerprint density at radius 2 is 1.73 bits per heavy atom. The Bertz CT molecular complexity index is 550. The summed E-state index contributed by atoms with van der Waals surface area (Å²) in [6.45, 7) is 7.23. The lowest BCUT2D eigenvalue weighted by Gasteiger charge is -2.15. The Kier molecular flexibility index (Phi) is 6.76. The van der Waals surface area contributed by atoms with Crippen LogP contribution in [0.25, 0.3) is 6.08 Å². The van der Waals surface area contributed by atoms with E-state index in [4.69, 9.17) is 0 Å². The van der Waals surface area contributed by atoms with E-state index >= 15 is 0 Å². The molecule has 1 unspecified atom stereocenters. The van der Waals surface area contributed by atoms with Crippen molar-refractivity contribution in [1.82, 2.24) is 10.6 Å². The van der Waals surface area contributed by atoms with Gasteiger partial charge < -0.3 is 10.6 Å². The largest absolute Gasteiger partial charge is 0.354 e. The topological polar surface area (TPSA) is 58.2 Å². The van der Waals surface area contributed by atoms with Crippen molar-refractivity contribution in [3.63, 3.8) is 0 Å². The molecule has 0 aliphatic heterocycles. The van der Waals surface area contributed by atoms with Crippen LogP contribution in [-0.4, -0.2) is 23.9 Å². The van der Waals surface area contributed by atoms with Gasteiger partial charge in [-0.1, -0.05) is 12.1 Å². The van der Waals surface area contributed by atoms with Crippen molar-refractivity contribution < 1.29 is 14.0 Å². The number of nitrogens with one attached hydrogen (secondary N) is 2. The van der Waals surface area contributed by atoms with E-state index in [1.54, 1.807) is 32.1 Å². The minimum Gasteiger partial charge on any atom is -0.354 e. The van der Waals surface area contributed by atoms with Crippen LogP contribution in [0.5, 0.6) is 0 Å². The molecule has 0 radical (unpaired) electrons. The second-order valence-electron chi connectivity index (χ2n) is 5.68. The highest BCUT2D eigenvalue weighted by Crippen LogP contribution is 2.08. The summed E-state index contributed by atoms with van der Waals surface area (Å²) < 4.78 is 12.8. The van der Waals surface area contributed by atoms with Crippen molar-refractivity contribution in [1.29, 1.82) is 0 Å². The molecule has 1 atom stereocenters. The molecule has 0 saturated carbocycles. The fourth-order valence-corrected chi connectivity index (χ4v) is 1.92. The quantitative estimate of drug-likeness (QED) is 0.794. The monoisotopic (exact) mass is 306 g/mol. The summed E-state index contributed by atoms with van der Waals surface area (Å²) in [4.78, 5) is 23.7. The summed E-state index contributed by atoms with van der Waals surface area (Å²) in [5, 5.41) is 5.55. The summed E-state index contributed by atoms with van der Waals surface area (Å²) in [5.74, 6) is -0.652. The van der Waals surface area contributed by atoms with Crippen molar-refractivity contribution in [2.45, 2.75) is 46.2 Å². The molecule has 1 rings (SSSR count). The molecule has 1 aromatic rings. The molecule has 4 nitrogen and oxygen atoms in total. The van der Waals surface area contributed by atoms with Crippen LogP contribution in [-0.2, 0) is 9.59 Å². The molecule has 2 N–H and O–H groups in total. The lowest BCUT2D eigenvalue weighted by molar-refractivity contribution is -0.122. The van der Waals surface area contributed by atoms with Crippen LogP contribution in [0, 0.1) is 5.82 Å². The van der Waals surface area contributed by atoms with E-state index < -0.39 is 0 Å². The van der Waals surface area contributed by atoms with E-state index in [1.165, 1.54) is 12.1 Å². The second kappa shape index (κ2) is 8.32. The van der Waals surface area contributed by atoms with Gasteiger partial charge in [-0.15, -0.1) is 0 Å². The maximum atomic E-state index is 12.8. The molecule has 5 heteroatoms. The van der Waals surface area contributed by atoms with E-state index in [0.717, 1.165) is 5.56 Å². The molecule has 0 heterocycles. The zero-order chi connectivity index (χ0) is 16.7. The fraction of sp³-hybridized carbons (Fsp3) is 0.412. The third-order valence-electron chi connectivity index (χ3n) is 2.93. The van der Waals surface area contributed by atoms with Gasteiger partial charge in [0.25, 0.3) is 0 Å². The predicted octanol–water partition coefficient (Wildman–Crippen LogP) is 2.65. The molecule has 0 aromatic heterocycles. The van der Waals surface area contributed by atoms with Crippen LogP contribution < -0.4 is 10.6 Å². The molecular weight excluding hydrogens is 283 g/mol. The average molecular weight is 306 g/mol. The van der Waals surface area contributed by atoms with Crippen LogP contribution in [0.1, 0.15) is 39.7 Å². The fourth-order valence-electron chi connectivity index (χ4n) is 1.92. The first kappa shape index (κ1) is 17.9. The van der Waals surface area contributed by atoms with E-state index in [0.29, 0.717) is 5.57 Å². The molecule has 0 aliphatic carbocycles. The number of amides is 2. The van der Waals surface area contributed by atoms with E-state index in [-0.39, 0.29) is 36.1 Å². The van der Waals surface area contributed by atoms with Gasteiger partial charge in [-0.3, -0.25) is 9.59 Å². The van der Waals surface area contributed by atoms with Gasteiger partial charge in [-0.2, -0.15) is 0 Å². The normalized spacial score (nSPS) is 12.9. The van der Waals surface area contributed by atoms with Crippen molar-refractivity contribution in [2.24, 2.45) is 0 Å². The van der Waals surface area contributed by atoms with Crippen LogP contribution in [0.2, 0.25) is 0 Å². The third-order valence-corrected chi connectivity index (χ3v) is 2.93. The van der Waals surface area contributed by atoms with Gasteiger partial charge in [-0.05, 0) is 51.5 Å². The van der Waals surface area contributed by atoms with Crippen LogP contribution >= 0.6 is 0 Å². The van der Waals surface area contributed by atoms with Gasteiger partial charge in [-0.25, -0.2) is 4.39 Å². The highest BCUT2D eigenvalue weighted by atomic mass is 19.1. The Morgan fingerprint density at radius 1 is 1.14 bits per heavy atom. The Labute approximate surface area is 130 Å². The average Bonchev–Trinajstić information content (AvgIpc) is 2.39. The standard InChI is InChI=1S/C17H23FN2O2/c1-11(2)19-16(21)10-13(4)20-17(22)12(3)9-14-5-7-15(18)8-6-14/h5-9,11,13H,10H2,1-4H3,(H,19,21)(H,20,22)/b12-9+. The predicted molar refractivity (Wildman–Crippen MR) is 85.6 cm³/mol. The molecule has 2 amide bonds. The number of hydrogen-bond donors (Lipinski definition) is 2. The van der Waals surface area contributed by atoms with Crippen molar-refractivity contribution in [2.75, 3.05) is 0 Å². The molecule has 0 spiro atoms. The lowest BCUT2D eigenvalue weighted by Crippen LogP contribution is -2.39. The van der Waals surface area contributed by atoms with Gasteiger partial charge in [0.2, 0.25) is 11.8 Å². The van der Waals surface area contributed by atoms with Crippen molar-refractivity contribution in [3.05, 3.63) is 41.2 Å². The smallest absolute Gasteiger partial charge is 0.247 e. The molecule has 0 saturated heterocycles. The SMILES string of the molecule is C/C(=C\c1ccc(F)cc1)C(=O)NC(C)CC(=O)NC(C)C. The maximum absolute atomic E-state index is 12.8. The van der Waals surface area contributed by atoms with E-state index in [1.807, 2.05) is 13.8 Å². The van der Waals surface area contributed by atoms with Crippen molar-refractivity contribution >= 4 is 17.9 Å². The molecule has 22 heavy (non-hydrogen) atoms. The zero-order valence-corrected chi connectivity index (χ0v) is 13.4. The summed E-state index contributed by atoms with van der Waals surface area (Å²) in [6, 6.07) is 5.71. The number of carbonyl (C=O) groups excluding carboxylic acids is 2. The summed E-state index contributed by atoms with van der Waals surface area (Å²) in [7, 11) is 0. The van der Waals surface area contributed by atoms with Gasteiger partial charge in [0.15, 0.2) is 0 Å². The minimum atomic E-state index is -0.316. The first-order chi connectivity index (χ1) is 10.3. The van der Waals surface area contributed by atoms with Crippen LogP contribution in [0.4, 0.5) is 4.39 Å². The first-order valence-corrected chi connectivity index (χ1v) is 7.32. The molecule has 0 aliphatic rings. The summed E-state index contributed by atoms with van der Waals surface area (Å²) >= 11 is 0. The molecule has 0 fully saturated rings. The van der Waals surface area contributed by atoms with Crippen LogP contribution in [0.15, 0.2) is 29.8 Å². The highest BCUT2D eigenvalue weighted by Gasteiger charge is 2.13. The highest BCUT2D eigenvalue weighted by molar-refractivity contribution is 5.97. The van der Waals surface area contributed by atoms with Gasteiger partial charge in [0.1, 0.15) is 5.82 Å². The molecule has 0 bridgehead atoms. The Morgan fingerprint density at radius 3 is 2.27 bits per heavy atom. The zero-order valence-electron chi connectivity index (χ0n) is 13.4. The third kappa shape index (κ3) is 6.52. The lowest BCUT2D eigenvalue weighted by atomic mass is 10.1. The minimum absolute atomic E-state index is 0.0792.